The van der Waals surface area contributed by atoms with E-state index >= 15 is 0 Å². The minimum absolute atomic E-state index is 0. The lowest BCUT2D eigenvalue weighted by molar-refractivity contribution is -0.134. The maximum absolute atomic E-state index is 12.5. The molecule has 0 aliphatic carbocycles. The summed E-state index contributed by atoms with van der Waals surface area (Å²) < 4.78 is 0. The number of likely N-dealkylation sites (tertiary alicyclic amines) is 1. The first-order valence-corrected chi connectivity index (χ1v) is 8.80. The van der Waals surface area contributed by atoms with E-state index in [4.69, 9.17) is 0 Å². The number of hydrogen-bond donors (Lipinski definition) is 1. The number of carbonyl (C=O) groups is 1. The van der Waals surface area contributed by atoms with Gasteiger partial charge in [-0.1, -0.05) is 13.8 Å². The van der Waals surface area contributed by atoms with E-state index in [1.807, 2.05) is 7.05 Å². The van der Waals surface area contributed by atoms with Crippen LogP contribution in [0, 0.1) is 11.8 Å². The maximum Gasteiger partial charge on any atom is 0.222 e. The van der Waals surface area contributed by atoms with Crippen LogP contribution in [0.1, 0.15) is 46.0 Å². The molecule has 2 rings (SSSR count). The Morgan fingerprint density at radius 3 is 2.43 bits per heavy atom. The van der Waals surface area contributed by atoms with Crippen LogP contribution in [0.2, 0.25) is 0 Å². The van der Waals surface area contributed by atoms with Gasteiger partial charge in [0.25, 0.3) is 0 Å². The van der Waals surface area contributed by atoms with E-state index < -0.39 is 0 Å². The van der Waals surface area contributed by atoms with Crippen molar-refractivity contribution in [3.05, 3.63) is 0 Å². The average molecular weight is 368 g/mol. The van der Waals surface area contributed by atoms with Crippen molar-refractivity contribution in [2.45, 2.75) is 52.0 Å². The molecule has 2 saturated heterocycles. The van der Waals surface area contributed by atoms with Gasteiger partial charge in [-0.15, -0.1) is 24.8 Å². The van der Waals surface area contributed by atoms with E-state index in [0.29, 0.717) is 17.9 Å². The lowest BCUT2D eigenvalue weighted by atomic mass is 9.91. The number of nitrogens with one attached hydrogen (secondary N) is 1. The standard InChI is InChI=1S/C17H33N3O.2ClH/c1-4-20-12-9-16(14(2)13-20)19(3)17(21)6-5-15-7-10-18-11-8-15;;/h14-16,18H,4-13H2,1-3H3;2*1H. The lowest BCUT2D eigenvalue weighted by Crippen LogP contribution is -2.50. The molecule has 2 aliphatic heterocycles. The van der Waals surface area contributed by atoms with Crippen molar-refractivity contribution in [3.63, 3.8) is 0 Å². The van der Waals surface area contributed by atoms with E-state index in [2.05, 4.69) is 29.0 Å². The summed E-state index contributed by atoms with van der Waals surface area (Å²) >= 11 is 0. The Labute approximate surface area is 154 Å². The summed E-state index contributed by atoms with van der Waals surface area (Å²) in [5, 5.41) is 3.39. The molecule has 0 bridgehead atoms. The number of halogens is 2. The molecule has 0 aromatic carbocycles. The Balaban J connectivity index is 0.00000242. The normalized spacial score (nSPS) is 26.0. The highest BCUT2D eigenvalue weighted by Gasteiger charge is 2.30. The fourth-order valence-electron chi connectivity index (χ4n) is 3.94. The first kappa shape index (κ1) is 23.0. The quantitative estimate of drug-likeness (QED) is 0.811. The molecule has 0 saturated carbocycles. The monoisotopic (exact) mass is 367 g/mol. The SMILES string of the molecule is CCN1CCC(N(C)C(=O)CCC2CCNCC2)C(C)C1.Cl.Cl. The van der Waals surface area contributed by atoms with Gasteiger partial charge in [0.15, 0.2) is 0 Å². The summed E-state index contributed by atoms with van der Waals surface area (Å²) in [5.41, 5.74) is 0. The number of nitrogens with zero attached hydrogens (tertiary/aromatic N) is 2. The number of amides is 1. The van der Waals surface area contributed by atoms with E-state index in [1.54, 1.807) is 0 Å². The third-order valence-electron chi connectivity index (χ3n) is 5.51. The fraction of sp³-hybridized carbons (Fsp3) is 0.941. The molecular weight excluding hydrogens is 333 g/mol. The highest BCUT2D eigenvalue weighted by molar-refractivity contribution is 5.85. The van der Waals surface area contributed by atoms with E-state index in [0.717, 1.165) is 57.9 Å². The summed E-state index contributed by atoms with van der Waals surface area (Å²) in [6.07, 6.45) is 5.42. The first-order valence-electron chi connectivity index (χ1n) is 8.80. The van der Waals surface area contributed by atoms with Crippen molar-refractivity contribution in [3.8, 4) is 0 Å². The molecule has 2 heterocycles. The molecule has 0 aromatic heterocycles. The highest BCUT2D eigenvalue weighted by atomic mass is 35.5. The fourth-order valence-corrected chi connectivity index (χ4v) is 3.94. The molecule has 1 amide bonds. The van der Waals surface area contributed by atoms with Crippen LogP contribution in [0.5, 0.6) is 0 Å². The van der Waals surface area contributed by atoms with Crippen LogP contribution in [0.15, 0.2) is 0 Å². The number of carbonyl (C=O) groups excluding carboxylic acids is 1. The van der Waals surface area contributed by atoms with Gasteiger partial charge in [0.1, 0.15) is 0 Å². The summed E-state index contributed by atoms with van der Waals surface area (Å²) in [6.45, 7) is 10.2. The van der Waals surface area contributed by atoms with Crippen molar-refractivity contribution >= 4 is 30.7 Å². The average Bonchev–Trinajstić information content (AvgIpc) is 2.52. The zero-order chi connectivity index (χ0) is 15.2. The zero-order valence-electron chi connectivity index (χ0n) is 14.9. The van der Waals surface area contributed by atoms with Gasteiger partial charge < -0.3 is 15.1 Å². The van der Waals surface area contributed by atoms with Crippen LogP contribution >= 0.6 is 24.8 Å². The maximum atomic E-state index is 12.5. The van der Waals surface area contributed by atoms with Crippen molar-refractivity contribution in [1.82, 2.24) is 15.1 Å². The molecule has 4 nitrogen and oxygen atoms in total. The molecule has 23 heavy (non-hydrogen) atoms. The van der Waals surface area contributed by atoms with Crippen LogP contribution in [-0.4, -0.2) is 61.5 Å². The second-order valence-corrected chi connectivity index (χ2v) is 6.96. The molecule has 2 aliphatic rings. The van der Waals surface area contributed by atoms with Gasteiger partial charge in [0.05, 0.1) is 0 Å². The second-order valence-electron chi connectivity index (χ2n) is 6.96. The Kier molecular flexibility index (Phi) is 11.5. The minimum atomic E-state index is 0. The third-order valence-corrected chi connectivity index (χ3v) is 5.51. The van der Waals surface area contributed by atoms with Gasteiger partial charge in [0, 0.05) is 32.6 Å². The van der Waals surface area contributed by atoms with Gasteiger partial charge in [-0.2, -0.15) is 0 Å². The number of rotatable bonds is 5. The Morgan fingerprint density at radius 1 is 1.22 bits per heavy atom. The predicted molar refractivity (Wildman–Crippen MR) is 102 cm³/mol. The minimum Gasteiger partial charge on any atom is -0.342 e. The molecule has 6 heteroatoms. The Bertz CT molecular complexity index is 338. The van der Waals surface area contributed by atoms with E-state index in [-0.39, 0.29) is 24.8 Å². The molecule has 2 unspecified atom stereocenters. The summed E-state index contributed by atoms with van der Waals surface area (Å²) in [4.78, 5) is 17.0. The van der Waals surface area contributed by atoms with Gasteiger partial charge in [0.2, 0.25) is 5.91 Å². The molecule has 0 aromatic rings. The predicted octanol–water partition coefficient (Wildman–Crippen LogP) is 2.80. The van der Waals surface area contributed by atoms with Crippen LogP contribution in [0.3, 0.4) is 0 Å². The van der Waals surface area contributed by atoms with Gasteiger partial charge >= 0.3 is 0 Å². The Hall–Kier alpha value is -0.0300. The van der Waals surface area contributed by atoms with Gasteiger partial charge in [-0.05, 0) is 57.2 Å². The van der Waals surface area contributed by atoms with Crippen LogP contribution in [0.4, 0.5) is 0 Å². The second kappa shape index (κ2) is 11.5. The van der Waals surface area contributed by atoms with Crippen LogP contribution in [0.25, 0.3) is 0 Å². The molecule has 0 spiro atoms. The molecule has 2 atom stereocenters. The molecule has 2 fully saturated rings. The van der Waals surface area contributed by atoms with Gasteiger partial charge in [-0.25, -0.2) is 0 Å². The molecular formula is C17H35Cl2N3O. The van der Waals surface area contributed by atoms with Crippen LogP contribution < -0.4 is 5.32 Å². The lowest BCUT2D eigenvalue weighted by Gasteiger charge is -2.41. The Morgan fingerprint density at radius 2 is 1.87 bits per heavy atom. The van der Waals surface area contributed by atoms with Crippen molar-refractivity contribution in [2.75, 3.05) is 39.8 Å². The number of hydrogen-bond acceptors (Lipinski definition) is 3. The van der Waals surface area contributed by atoms with Gasteiger partial charge in [-0.3, -0.25) is 4.79 Å². The molecule has 138 valence electrons. The topological polar surface area (TPSA) is 35.6 Å². The molecule has 0 radical (unpaired) electrons. The molecule has 1 N–H and O–H groups in total. The number of piperidine rings is 2. The highest BCUT2D eigenvalue weighted by Crippen LogP contribution is 2.23. The summed E-state index contributed by atoms with van der Waals surface area (Å²) in [7, 11) is 2.02. The zero-order valence-corrected chi connectivity index (χ0v) is 16.6. The van der Waals surface area contributed by atoms with Crippen LogP contribution in [-0.2, 0) is 4.79 Å². The first-order chi connectivity index (χ1) is 10.1. The summed E-state index contributed by atoms with van der Waals surface area (Å²) in [6, 6.07) is 0.438. The van der Waals surface area contributed by atoms with E-state index in [9.17, 15) is 4.79 Å². The smallest absolute Gasteiger partial charge is 0.222 e. The summed E-state index contributed by atoms with van der Waals surface area (Å²) in [5.74, 6) is 1.70. The van der Waals surface area contributed by atoms with Crippen molar-refractivity contribution in [2.24, 2.45) is 11.8 Å². The largest absolute Gasteiger partial charge is 0.342 e. The van der Waals surface area contributed by atoms with E-state index in [1.165, 1.54) is 12.8 Å². The van der Waals surface area contributed by atoms with Crippen molar-refractivity contribution in [1.29, 1.82) is 0 Å². The third kappa shape index (κ3) is 6.77. The van der Waals surface area contributed by atoms with Crippen molar-refractivity contribution < 1.29 is 4.79 Å².